The average Bonchev–Trinajstić information content (AvgIpc) is 2.98. The van der Waals surface area contributed by atoms with Gasteiger partial charge in [0.15, 0.2) is 8.32 Å². The summed E-state index contributed by atoms with van der Waals surface area (Å²) in [5.74, 6) is 0. The van der Waals surface area contributed by atoms with Gasteiger partial charge in [-0.25, -0.2) is 0 Å². The van der Waals surface area contributed by atoms with Crippen molar-refractivity contribution in [1.29, 1.82) is 0 Å². The van der Waals surface area contributed by atoms with E-state index in [0.717, 1.165) is 32.3 Å². The van der Waals surface area contributed by atoms with E-state index in [9.17, 15) is 10.0 Å². The molecule has 1 heterocycles. The van der Waals surface area contributed by atoms with Crippen molar-refractivity contribution in [2.75, 3.05) is 0 Å². The van der Waals surface area contributed by atoms with Gasteiger partial charge in [0.2, 0.25) is 0 Å². The fraction of sp³-hybridized carbons (Fsp3) is 0.364. The third-order valence-electron chi connectivity index (χ3n) is 5.83. The van der Waals surface area contributed by atoms with Crippen LogP contribution < -0.4 is 4.78 Å². The van der Waals surface area contributed by atoms with Crippen LogP contribution in [0.5, 0.6) is 0 Å². The zero-order chi connectivity index (χ0) is 20.7. The van der Waals surface area contributed by atoms with Gasteiger partial charge in [-0.15, -0.1) is 11.3 Å². The van der Waals surface area contributed by atoms with Crippen LogP contribution in [-0.2, 0) is 11.0 Å². The largest absolute Gasteiger partial charge is 0.499 e. The molecule has 0 spiro atoms. The number of thiophene rings is 1. The highest BCUT2D eigenvalue weighted by Crippen LogP contribution is 2.38. The smallest absolute Gasteiger partial charge is 0.423 e. The Morgan fingerprint density at radius 3 is 2.36 bits per heavy atom. The van der Waals surface area contributed by atoms with Gasteiger partial charge in [-0.2, -0.15) is 0 Å². The summed E-state index contributed by atoms with van der Waals surface area (Å²) < 4.78 is 8.04. The molecular weight excluding hydrogens is 383 g/mol. The lowest BCUT2D eigenvalue weighted by molar-refractivity contribution is 0.276. The molecule has 3 nitrogen and oxygen atoms in total. The standard InChI is InChI=1S/C22H29BO3SSi/c1-15-9-7-8-10-17(15)20-18-13-16(14-26-28(5,6)22(2,3)4)11-12-19(18)27-21(20)23(24)25/h7-13,24-25H,14H2,1-6H3. The lowest BCUT2D eigenvalue weighted by atomic mass is 9.82. The van der Waals surface area contributed by atoms with Crippen LogP contribution in [0.25, 0.3) is 21.2 Å². The highest BCUT2D eigenvalue weighted by atomic mass is 32.1. The first-order valence-corrected chi connectivity index (χ1v) is 13.3. The summed E-state index contributed by atoms with van der Waals surface area (Å²) in [6.07, 6.45) is 0. The molecule has 0 atom stereocenters. The summed E-state index contributed by atoms with van der Waals surface area (Å²) in [7, 11) is -3.32. The summed E-state index contributed by atoms with van der Waals surface area (Å²) >= 11 is 1.44. The normalized spacial score (nSPS) is 12.6. The number of hydrogen-bond acceptors (Lipinski definition) is 4. The van der Waals surface area contributed by atoms with Gasteiger partial charge in [-0.3, -0.25) is 0 Å². The quantitative estimate of drug-likeness (QED) is 0.575. The van der Waals surface area contributed by atoms with E-state index in [2.05, 4.69) is 65.1 Å². The Bertz CT molecular complexity index is 989. The second-order valence-electron chi connectivity index (χ2n) is 8.91. The number of benzene rings is 2. The minimum absolute atomic E-state index is 0.167. The van der Waals surface area contributed by atoms with Crippen LogP contribution in [0, 0.1) is 6.92 Å². The SMILES string of the molecule is Cc1ccccc1-c1c(B(O)O)sc2ccc(CO[Si](C)(C)C(C)(C)C)cc12. The Labute approximate surface area is 173 Å². The second kappa shape index (κ2) is 7.77. The van der Waals surface area contributed by atoms with Crippen molar-refractivity contribution in [1.82, 2.24) is 0 Å². The van der Waals surface area contributed by atoms with E-state index in [1.54, 1.807) is 0 Å². The fourth-order valence-corrected chi connectivity index (χ4v) is 5.08. The Balaban J connectivity index is 2.06. The first kappa shape index (κ1) is 21.3. The molecule has 28 heavy (non-hydrogen) atoms. The van der Waals surface area contributed by atoms with Crippen molar-refractivity contribution in [2.24, 2.45) is 0 Å². The molecular formula is C22H29BO3SSi. The molecule has 0 unspecified atom stereocenters. The summed E-state index contributed by atoms with van der Waals surface area (Å²) in [5.41, 5.74) is 4.19. The first-order valence-electron chi connectivity index (χ1n) is 9.63. The molecule has 0 bridgehead atoms. The van der Waals surface area contributed by atoms with Crippen molar-refractivity contribution in [3.05, 3.63) is 53.6 Å². The molecule has 1 aromatic heterocycles. The Morgan fingerprint density at radius 1 is 1.07 bits per heavy atom. The molecule has 0 aliphatic rings. The van der Waals surface area contributed by atoms with E-state index in [1.807, 2.05) is 18.2 Å². The maximum absolute atomic E-state index is 9.97. The molecule has 6 heteroatoms. The fourth-order valence-electron chi connectivity index (χ4n) is 3.05. The van der Waals surface area contributed by atoms with Crippen LogP contribution in [-0.4, -0.2) is 25.5 Å². The van der Waals surface area contributed by atoms with Crippen molar-refractivity contribution in [3.8, 4) is 11.1 Å². The van der Waals surface area contributed by atoms with E-state index in [0.29, 0.717) is 11.4 Å². The van der Waals surface area contributed by atoms with E-state index < -0.39 is 15.4 Å². The highest BCUT2D eigenvalue weighted by Gasteiger charge is 2.37. The predicted molar refractivity (Wildman–Crippen MR) is 124 cm³/mol. The Morgan fingerprint density at radius 2 is 1.75 bits per heavy atom. The monoisotopic (exact) mass is 412 g/mol. The third-order valence-corrected chi connectivity index (χ3v) is 11.5. The van der Waals surface area contributed by atoms with Gasteiger partial charge in [0.05, 0.1) is 6.61 Å². The van der Waals surface area contributed by atoms with Crippen LogP contribution in [0.1, 0.15) is 31.9 Å². The minimum Gasteiger partial charge on any atom is -0.423 e. The summed E-state index contributed by atoms with van der Waals surface area (Å²) in [6.45, 7) is 13.9. The molecule has 0 radical (unpaired) electrons. The summed E-state index contributed by atoms with van der Waals surface area (Å²) in [5, 5.41) is 21.2. The third kappa shape index (κ3) is 4.12. The van der Waals surface area contributed by atoms with Gasteiger partial charge < -0.3 is 14.5 Å². The zero-order valence-corrected chi connectivity index (χ0v) is 19.4. The second-order valence-corrected chi connectivity index (χ2v) is 14.8. The van der Waals surface area contributed by atoms with E-state index in [-0.39, 0.29) is 5.04 Å². The van der Waals surface area contributed by atoms with Gasteiger partial charge in [0.25, 0.3) is 0 Å². The van der Waals surface area contributed by atoms with Crippen LogP contribution in [0.15, 0.2) is 42.5 Å². The molecule has 2 aromatic carbocycles. The molecule has 0 fully saturated rings. The summed E-state index contributed by atoms with van der Waals surface area (Å²) in [4.78, 5) is 0. The maximum atomic E-state index is 9.97. The van der Waals surface area contributed by atoms with Crippen molar-refractivity contribution in [3.63, 3.8) is 0 Å². The number of hydrogen-bond donors (Lipinski definition) is 2. The molecule has 148 valence electrons. The van der Waals surface area contributed by atoms with Gasteiger partial charge >= 0.3 is 7.12 Å². The van der Waals surface area contributed by atoms with Gasteiger partial charge in [0, 0.05) is 20.4 Å². The Kier molecular flexibility index (Phi) is 5.90. The van der Waals surface area contributed by atoms with Crippen molar-refractivity contribution >= 4 is 41.6 Å². The van der Waals surface area contributed by atoms with Crippen LogP contribution in [0.2, 0.25) is 18.1 Å². The minimum atomic E-state index is -1.83. The first-order chi connectivity index (χ1) is 13.0. The predicted octanol–water partition coefficient (Wildman–Crippen LogP) is 5.08. The summed E-state index contributed by atoms with van der Waals surface area (Å²) in [6, 6.07) is 14.4. The number of fused-ring (bicyclic) bond motifs is 1. The van der Waals surface area contributed by atoms with E-state index in [4.69, 9.17) is 4.43 Å². The maximum Gasteiger partial charge on any atom is 0.499 e. The highest BCUT2D eigenvalue weighted by molar-refractivity contribution is 7.28. The molecule has 3 aromatic rings. The lowest BCUT2D eigenvalue weighted by Gasteiger charge is -2.36. The van der Waals surface area contributed by atoms with Crippen molar-refractivity contribution in [2.45, 2.75) is 52.4 Å². The van der Waals surface area contributed by atoms with Crippen molar-refractivity contribution < 1.29 is 14.5 Å². The average molecular weight is 412 g/mol. The molecule has 0 aliphatic heterocycles. The van der Waals surface area contributed by atoms with E-state index in [1.165, 1.54) is 11.3 Å². The van der Waals surface area contributed by atoms with Gasteiger partial charge in [0.1, 0.15) is 0 Å². The van der Waals surface area contributed by atoms with Gasteiger partial charge in [-0.05, 0) is 53.9 Å². The van der Waals surface area contributed by atoms with Gasteiger partial charge in [-0.1, -0.05) is 51.1 Å². The molecule has 3 rings (SSSR count). The molecule has 0 saturated heterocycles. The molecule has 2 N–H and O–H groups in total. The van der Waals surface area contributed by atoms with Crippen LogP contribution in [0.3, 0.4) is 0 Å². The number of rotatable bonds is 5. The molecule has 0 aliphatic carbocycles. The topological polar surface area (TPSA) is 49.7 Å². The molecule has 0 saturated carbocycles. The Hall–Kier alpha value is -1.44. The van der Waals surface area contributed by atoms with Crippen LogP contribution >= 0.6 is 11.3 Å². The number of aryl methyl sites for hydroxylation is 1. The van der Waals surface area contributed by atoms with Crippen LogP contribution in [0.4, 0.5) is 0 Å². The zero-order valence-electron chi connectivity index (χ0n) is 17.5. The lowest BCUT2D eigenvalue weighted by Crippen LogP contribution is -2.40. The molecule has 0 amide bonds. The van der Waals surface area contributed by atoms with E-state index >= 15 is 0 Å².